The van der Waals surface area contributed by atoms with Gasteiger partial charge in [0.25, 0.3) is 5.91 Å². The van der Waals surface area contributed by atoms with Gasteiger partial charge in [-0.25, -0.2) is 14.5 Å². The Hall–Kier alpha value is -4.75. The number of hydrogen-bond donors (Lipinski definition) is 1. The summed E-state index contributed by atoms with van der Waals surface area (Å²) in [5.74, 6) is 0.0123. The molecule has 4 aromatic rings. The second-order valence-electron chi connectivity index (χ2n) is 14.9. The van der Waals surface area contributed by atoms with Crippen LogP contribution in [0.5, 0.6) is 5.75 Å². The standard InChI is InChI=1S/C37H48N6O6Si/c1-37(2,3)49-36(46)42-17-16-30(42)34(44)39-29-15-14-24(20-27(29)35(45)41(4)5)25-21-28-32(26-12-10-11-13-31(26)47-6)40-43(33(28)38-22-25)23-48-18-19-50(7,8)9/h10-15,20-22,30H,16-19,23H2,1-9H3,(H,39,44)/t30-/m0/s1. The van der Waals surface area contributed by atoms with Crippen LogP contribution in [0.15, 0.2) is 54.7 Å². The van der Waals surface area contributed by atoms with E-state index in [1.165, 1.54) is 9.80 Å². The average molecular weight is 701 g/mol. The molecule has 0 bridgehead atoms. The SMILES string of the molecule is COc1ccccc1-c1nn(COCC[Si](C)(C)C)c2ncc(-c3ccc(NC(=O)[C@@H]4CCN4C(=O)OC(C)(C)C)c(C(=O)N(C)C)c3)cc12. The molecule has 1 aliphatic heterocycles. The molecule has 13 heteroatoms. The van der Waals surface area contributed by atoms with Crippen LogP contribution in [0.25, 0.3) is 33.4 Å². The first-order valence-electron chi connectivity index (χ1n) is 16.8. The van der Waals surface area contributed by atoms with Gasteiger partial charge in [-0.05, 0) is 69.1 Å². The Bertz CT molecular complexity index is 1890. The van der Waals surface area contributed by atoms with Crippen molar-refractivity contribution in [1.29, 1.82) is 0 Å². The molecule has 3 heterocycles. The van der Waals surface area contributed by atoms with E-state index in [2.05, 4.69) is 25.0 Å². The molecule has 0 aliphatic carbocycles. The summed E-state index contributed by atoms with van der Waals surface area (Å²) >= 11 is 0. The van der Waals surface area contributed by atoms with Crippen LogP contribution in [0.3, 0.4) is 0 Å². The number of fused-ring (bicyclic) bond motifs is 1. The number of rotatable bonds is 11. The van der Waals surface area contributed by atoms with Gasteiger partial charge >= 0.3 is 6.09 Å². The zero-order chi connectivity index (χ0) is 36.4. The molecule has 1 atom stereocenters. The summed E-state index contributed by atoms with van der Waals surface area (Å²) < 4.78 is 19.0. The number of carbonyl (C=O) groups excluding carboxylic acids is 3. The lowest BCUT2D eigenvalue weighted by Gasteiger charge is -2.40. The number of methoxy groups -OCH3 is 1. The minimum atomic E-state index is -1.27. The molecular weight excluding hydrogens is 653 g/mol. The van der Waals surface area contributed by atoms with Crippen LogP contribution in [-0.2, 0) is 21.0 Å². The van der Waals surface area contributed by atoms with Gasteiger partial charge in [0.2, 0.25) is 5.91 Å². The molecule has 1 saturated heterocycles. The molecule has 0 saturated carbocycles. The van der Waals surface area contributed by atoms with Gasteiger partial charge in [-0.2, -0.15) is 5.10 Å². The summed E-state index contributed by atoms with van der Waals surface area (Å²) in [4.78, 5) is 47.2. The van der Waals surface area contributed by atoms with Gasteiger partial charge in [0, 0.05) is 58.0 Å². The van der Waals surface area contributed by atoms with Crippen molar-refractivity contribution in [1.82, 2.24) is 24.6 Å². The molecule has 3 amide bonds. The van der Waals surface area contributed by atoms with Crippen molar-refractivity contribution in [2.75, 3.05) is 39.7 Å². The number of anilines is 1. The minimum Gasteiger partial charge on any atom is -0.496 e. The van der Waals surface area contributed by atoms with E-state index in [0.717, 1.165) is 28.1 Å². The van der Waals surface area contributed by atoms with E-state index in [1.807, 2.05) is 36.4 Å². The average Bonchev–Trinajstić information content (AvgIpc) is 3.38. The minimum absolute atomic E-state index is 0.255. The smallest absolute Gasteiger partial charge is 0.410 e. The summed E-state index contributed by atoms with van der Waals surface area (Å²) in [5, 5.41) is 8.63. The van der Waals surface area contributed by atoms with Crippen molar-refractivity contribution in [2.45, 2.75) is 71.3 Å². The third-order valence-corrected chi connectivity index (χ3v) is 10.1. The Balaban J connectivity index is 1.49. The molecule has 0 unspecified atom stereocenters. The van der Waals surface area contributed by atoms with E-state index in [9.17, 15) is 14.4 Å². The summed E-state index contributed by atoms with van der Waals surface area (Å²) in [6.07, 6.45) is 1.71. The fraction of sp³-hybridized carbons (Fsp3) is 0.432. The predicted octanol–water partition coefficient (Wildman–Crippen LogP) is 6.74. The third kappa shape index (κ3) is 8.33. The van der Waals surface area contributed by atoms with E-state index in [0.29, 0.717) is 47.9 Å². The molecule has 5 rings (SSSR count). The molecule has 1 N–H and O–H groups in total. The summed E-state index contributed by atoms with van der Waals surface area (Å²) in [6, 6.07) is 15.3. The van der Waals surface area contributed by atoms with Crippen molar-refractivity contribution in [3.8, 4) is 28.1 Å². The van der Waals surface area contributed by atoms with Gasteiger partial charge in [0.05, 0.1) is 18.4 Å². The highest BCUT2D eigenvalue weighted by Gasteiger charge is 2.40. The number of aromatic nitrogens is 3. The van der Waals surface area contributed by atoms with Crippen LogP contribution in [-0.4, -0.2) is 96.5 Å². The second-order valence-corrected chi connectivity index (χ2v) is 20.5. The molecule has 0 radical (unpaired) electrons. The summed E-state index contributed by atoms with van der Waals surface area (Å²) in [7, 11) is 3.68. The summed E-state index contributed by atoms with van der Waals surface area (Å²) in [6.45, 7) is 13.6. The fourth-order valence-electron chi connectivity index (χ4n) is 5.54. The Morgan fingerprint density at radius 2 is 1.78 bits per heavy atom. The van der Waals surface area contributed by atoms with Crippen LogP contribution < -0.4 is 10.1 Å². The van der Waals surface area contributed by atoms with Crippen LogP contribution >= 0.6 is 0 Å². The lowest BCUT2D eigenvalue weighted by Crippen LogP contribution is -2.57. The maximum absolute atomic E-state index is 13.5. The normalized spacial score (nSPS) is 14.7. The van der Waals surface area contributed by atoms with Crippen molar-refractivity contribution >= 4 is 42.7 Å². The van der Waals surface area contributed by atoms with Gasteiger partial charge in [0.1, 0.15) is 29.8 Å². The van der Waals surface area contributed by atoms with Gasteiger partial charge in [-0.15, -0.1) is 0 Å². The van der Waals surface area contributed by atoms with Crippen molar-refractivity contribution in [3.05, 3.63) is 60.3 Å². The number of likely N-dealkylation sites (tertiary alicyclic amines) is 1. The molecule has 50 heavy (non-hydrogen) atoms. The van der Waals surface area contributed by atoms with Gasteiger partial charge in [-0.3, -0.25) is 14.5 Å². The van der Waals surface area contributed by atoms with Crippen molar-refractivity contribution in [3.63, 3.8) is 0 Å². The first-order valence-corrected chi connectivity index (χ1v) is 20.5. The van der Waals surface area contributed by atoms with Crippen molar-refractivity contribution < 1.29 is 28.6 Å². The maximum Gasteiger partial charge on any atom is 0.410 e. The number of amides is 3. The number of para-hydroxylation sites is 1. The second kappa shape index (κ2) is 14.6. The largest absolute Gasteiger partial charge is 0.496 e. The lowest BCUT2D eigenvalue weighted by molar-refractivity contribution is -0.125. The third-order valence-electron chi connectivity index (χ3n) is 8.36. The maximum atomic E-state index is 13.5. The zero-order valence-electron chi connectivity index (χ0n) is 30.5. The number of nitrogens with one attached hydrogen (secondary N) is 1. The number of ether oxygens (including phenoxy) is 3. The quantitative estimate of drug-likeness (QED) is 0.135. The predicted molar refractivity (Wildman–Crippen MR) is 197 cm³/mol. The molecule has 1 aliphatic rings. The Morgan fingerprint density at radius 3 is 2.42 bits per heavy atom. The summed E-state index contributed by atoms with van der Waals surface area (Å²) in [5.41, 5.74) is 3.63. The van der Waals surface area contributed by atoms with Crippen LogP contribution in [0.2, 0.25) is 25.7 Å². The van der Waals surface area contributed by atoms with E-state index in [1.54, 1.807) is 65.0 Å². The number of pyridine rings is 1. The van der Waals surface area contributed by atoms with Gasteiger partial charge in [0.15, 0.2) is 5.65 Å². The first kappa shape index (κ1) is 36.5. The van der Waals surface area contributed by atoms with Crippen LogP contribution in [0.1, 0.15) is 37.6 Å². The lowest BCUT2D eigenvalue weighted by atomic mass is 9.99. The number of nitrogens with zero attached hydrogens (tertiary/aromatic N) is 5. The molecule has 0 spiro atoms. The Labute approximate surface area is 294 Å². The molecule has 2 aromatic heterocycles. The first-order chi connectivity index (χ1) is 23.6. The van der Waals surface area contributed by atoms with Crippen LogP contribution in [0, 0.1) is 0 Å². The number of hydrogen-bond acceptors (Lipinski definition) is 8. The Kier molecular flexibility index (Phi) is 10.7. The molecular formula is C37H48N6O6Si. The van der Waals surface area contributed by atoms with E-state index < -0.39 is 25.8 Å². The van der Waals surface area contributed by atoms with E-state index in [-0.39, 0.29) is 18.5 Å². The molecule has 2 aromatic carbocycles. The van der Waals surface area contributed by atoms with Gasteiger partial charge in [-0.1, -0.05) is 37.8 Å². The number of benzene rings is 2. The fourth-order valence-corrected chi connectivity index (χ4v) is 6.30. The molecule has 1 fully saturated rings. The van der Waals surface area contributed by atoms with Crippen LogP contribution in [0.4, 0.5) is 10.5 Å². The van der Waals surface area contributed by atoms with Crippen molar-refractivity contribution in [2.24, 2.45) is 0 Å². The highest BCUT2D eigenvalue weighted by Crippen LogP contribution is 2.36. The topological polar surface area (TPSA) is 128 Å². The number of carbonyl (C=O) groups is 3. The highest BCUT2D eigenvalue weighted by atomic mass is 28.3. The molecule has 12 nitrogen and oxygen atoms in total. The van der Waals surface area contributed by atoms with Gasteiger partial charge < -0.3 is 24.4 Å². The van der Waals surface area contributed by atoms with E-state index >= 15 is 0 Å². The molecule has 266 valence electrons. The highest BCUT2D eigenvalue weighted by molar-refractivity contribution is 6.76. The Morgan fingerprint density at radius 1 is 1.04 bits per heavy atom. The zero-order valence-corrected chi connectivity index (χ0v) is 31.5. The van der Waals surface area contributed by atoms with E-state index in [4.69, 9.17) is 24.3 Å². The monoisotopic (exact) mass is 700 g/mol.